The molecule has 110 valence electrons. The Morgan fingerprint density at radius 3 is 2.80 bits per heavy atom. The van der Waals surface area contributed by atoms with Crippen molar-refractivity contribution >= 4 is 0 Å². The average molecular weight is 274 g/mol. The van der Waals surface area contributed by atoms with E-state index in [1.165, 1.54) is 37.7 Å². The second-order valence-electron chi connectivity index (χ2n) is 6.53. The number of aryl methyl sites for hydroxylation is 2. The van der Waals surface area contributed by atoms with Crippen molar-refractivity contribution in [2.75, 3.05) is 13.2 Å². The van der Waals surface area contributed by atoms with Crippen LogP contribution in [0, 0.1) is 19.3 Å². The summed E-state index contributed by atoms with van der Waals surface area (Å²) < 4.78 is 5.99. The summed E-state index contributed by atoms with van der Waals surface area (Å²) in [6.45, 7) is 7.10. The normalized spacial score (nSPS) is 24.6. The first kappa shape index (κ1) is 14.0. The molecule has 0 bridgehead atoms. The molecule has 3 nitrogen and oxygen atoms in total. The van der Waals surface area contributed by atoms with Crippen LogP contribution in [0.25, 0.3) is 0 Å². The molecule has 2 heterocycles. The van der Waals surface area contributed by atoms with Crippen LogP contribution in [0.3, 0.4) is 0 Å². The van der Waals surface area contributed by atoms with Gasteiger partial charge in [-0.15, -0.1) is 0 Å². The largest absolute Gasteiger partial charge is 0.378 e. The van der Waals surface area contributed by atoms with Crippen LogP contribution in [0.15, 0.2) is 12.1 Å². The van der Waals surface area contributed by atoms with Gasteiger partial charge in [-0.1, -0.05) is 6.07 Å². The van der Waals surface area contributed by atoms with E-state index in [1.807, 2.05) is 0 Å². The smallest absolute Gasteiger partial charge is 0.0643 e. The minimum absolute atomic E-state index is 0.431. The Morgan fingerprint density at radius 1 is 1.30 bits per heavy atom. The predicted octanol–water partition coefficient (Wildman–Crippen LogP) is 3.14. The second-order valence-corrected chi connectivity index (χ2v) is 6.53. The first-order chi connectivity index (χ1) is 9.70. The Balaban J connectivity index is 1.50. The van der Waals surface area contributed by atoms with Crippen LogP contribution in [-0.4, -0.2) is 24.2 Å². The molecule has 0 aromatic carbocycles. The Kier molecular flexibility index (Phi) is 4.08. The molecule has 1 aliphatic heterocycles. The highest BCUT2D eigenvalue weighted by atomic mass is 16.5. The molecular weight excluding hydrogens is 248 g/mol. The summed E-state index contributed by atoms with van der Waals surface area (Å²) in [6.07, 6.45) is 6.98. The van der Waals surface area contributed by atoms with Gasteiger partial charge in [0.15, 0.2) is 0 Å². The number of pyridine rings is 1. The quantitative estimate of drug-likeness (QED) is 0.895. The SMILES string of the molecule is Cc1ccc(CNCC2(C3CCCCO3)CC2)nc1C. The monoisotopic (exact) mass is 274 g/mol. The maximum atomic E-state index is 5.99. The highest BCUT2D eigenvalue weighted by molar-refractivity contribution is 5.20. The summed E-state index contributed by atoms with van der Waals surface area (Å²) in [5, 5.41) is 3.61. The molecular formula is C17H26N2O. The first-order valence-corrected chi connectivity index (χ1v) is 7.95. The zero-order valence-electron chi connectivity index (χ0n) is 12.7. The lowest BCUT2D eigenvalue weighted by Crippen LogP contribution is -2.36. The Labute approximate surface area is 122 Å². The lowest BCUT2D eigenvalue weighted by Gasteiger charge is -2.30. The van der Waals surface area contributed by atoms with E-state index in [2.05, 4.69) is 36.3 Å². The summed E-state index contributed by atoms with van der Waals surface area (Å²) in [5.74, 6) is 0. The maximum Gasteiger partial charge on any atom is 0.0643 e. The van der Waals surface area contributed by atoms with Gasteiger partial charge in [-0.2, -0.15) is 0 Å². The van der Waals surface area contributed by atoms with E-state index >= 15 is 0 Å². The molecule has 1 saturated heterocycles. The van der Waals surface area contributed by atoms with Gasteiger partial charge in [-0.25, -0.2) is 0 Å². The first-order valence-electron chi connectivity index (χ1n) is 7.95. The molecule has 1 aliphatic carbocycles. The van der Waals surface area contributed by atoms with Crippen molar-refractivity contribution in [2.45, 2.75) is 58.6 Å². The molecule has 1 unspecified atom stereocenters. The minimum atomic E-state index is 0.431. The van der Waals surface area contributed by atoms with Gasteiger partial charge in [0.1, 0.15) is 0 Å². The number of nitrogens with one attached hydrogen (secondary N) is 1. The number of aromatic nitrogens is 1. The molecule has 0 amide bonds. The van der Waals surface area contributed by atoms with Crippen LogP contribution in [0.4, 0.5) is 0 Å². The highest BCUT2D eigenvalue weighted by Gasteiger charge is 2.49. The van der Waals surface area contributed by atoms with Gasteiger partial charge in [0.2, 0.25) is 0 Å². The number of hydrogen-bond acceptors (Lipinski definition) is 3. The summed E-state index contributed by atoms with van der Waals surface area (Å²) >= 11 is 0. The fourth-order valence-corrected chi connectivity index (χ4v) is 3.22. The van der Waals surface area contributed by atoms with E-state index in [0.29, 0.717) is 11.5 Å². The Morgan fingerprint density at radius 2 is 2.15 bits per heavy atom. The number of ether oxygens (including phenoxy) is 1. The van der Waals surface area contributed by atoms with E-state index in [0.717, 1.165) is 31.1 Å². The summed E-state index contributed by atoms with van der Waals surface area (Å²) in [7, 11) is 0. The van der Waals surface area contributed by atoms with Crippen LogP contribution in [0.1, 0.15) is 49.1 Å². The van der Waals surface area contributed by atoms with Crippen molar-refractivity contribution in [3.63, 3.8) is 0 Å². The molecule has 1 N–H and O–H groups in total. The van der Waals surface area contributed by atoms with E-state index in [1.54, 1.807) is 0 Å². The van der Waals surface area contributed by atoms with E-state index in [9.17, 15) is 0 Å². The molecule has 1 aromatic heterocycles. The third kappa shape index (κ3) is 3.04. The Hall–Kier alpha value is -0.930. The minimum Gasteiger partial charge on any atom is -0.378 e. The zero-order chi connectivity index (χ0) is 14.0. The highest BCUT2D eigenvalue weighted by Crippen LogP contribution is 2.51. The zero-order valence-corrected chi connectivity index (χ0v) is 12.7. The third-order valence-corrected chi connectivity index (χ3v) is 4.95. The van der Waals surface area contributed by atoms with Crippen LogP contribution in [0.2, 0.25) is 0 Å². The number of nitrogens with zero attached hydrogens (tertiary/aromatic N) is 1. The lowest BCUT2D eigenvalue weighted by atomic mass is 9.92. The third-order valence-electron chi connectivity index (χ3n) is 4.95. The summed E-state index contributed by atoms with van der Waals surface area (Å²) in [6, 6.07) is 4.29. The fourth-order valence-electron chi connectivity index (χ4n) is 3.22. The average Bonchev–Trinajstić information content (AvgIpc) is 3.25. The molecule has 1 atom stereocenters. The molecule has 1 aromatic rings. The lowest BCUT2D eigenvalue weighted by molar-refractivity contribution is -0.0302. The molecule has 3 rings (SSSR count). The van der Waals surface area contributed by atoms with Crippen molar-refractivity contribution in [3.8, 4) is 0 Å². The van der Waals surface area contributed by atoms with Crippen molar-refractivity contribution < 1.29 is 4.74 Å². The van der Waals surface area contributed by atoms with Crippen molar-refractivity contribution in [1.82, 2.24) is 10.3 Å². The maximum absolute atomic E-state index is 5.99. The molecule has 2 aliphatic rings. The van der Waals surface area contributed by atoms with Crippen LogP contribution in [0.5, 0.6) is 0 Å². The van der Waals surface area contributed by atoms with Crippen molar-refractivity contribution in [2.24, 2.45) is 5.41 Å². The van der Waals surface area contributed by atoms with Crippen molar-refractivity contribution in [1.29, 1.82) is 0 Å². The van der Waals surface area contributed by atoms with Crippen LogP contribution in [-0.2, 0) is 11.3 Å². The van der Waals surface area contributed by atoms with Crippen LogP contribution >= 0.6 is 0 Å². The molecule has 20 heavy (non-hydrogen) atoms. The van der Waals surface area contributed by atoms with E-state index < -0.39 is 0 Å². The van der Waals surface area contributed by atoms with Gasteiger partial charge < -0.3 is 10.1 Å². The standard InChI is InChI=1S/C17H26N2O/c1-13-6-7-15(19-14(13)2)11-18-12-17(8-9-17)16-5-3-4-10-20-16/h6-7,16,18H,3-5,8-12H2,1-2H3. The Bertz CT molecular complexity index is 462. The van der Waals surface area contributed by atoms with Crippen molar-refractivity contribution in [3.05, 3.63) is 29.1 Å². The van der Waals surface area contributed by atoms with Gasteiger partial charge in [-0.05, 0) is 57.6 Å². The molecule has 0 spiro atoms. The van der Waals surface area contributed by atoms with E-state index in [4.69, 9.17) is 4.74 Å². The second kappa shape index (κ2) is 5.82. The molecule has 1 saturated carbocycles. The van der Waals surface area contributed by atoms with Gasteiger partial charge in [-0.3, -0.25) is 4.98 Å². The molecule has 3 heteroatoms. The van der Waals surface area contributed by atoms with Gasteiger partial charge >= 0.3 is 0 Å². The molecule has 2 fully saturated rings. The fraction of sp³-hybridized carbons (Fsp3) is 0.706. The van der Waals surface area contributed by atoms with Gasteiger partial charge in [0, 0.05) is 30.8 Å². The number of hydrogen-bond donors (Lipinski definition) is 1. The predicted molar refractivity (Wildman–Crippen MR) is 80.7 cm³/mol. The topological polar surface area (TPSA) is 34.1 Å². The summed E-state index contributed by atoms with van der Waals surface area (Å²) in [4.78, 5) is 4.63. The summed E-state index contributed by atoms with van der Waals surface area (Å²) in [5.41, 5.74) is 3.98. The van der Waals surface area contributed by atoms with Gasteiger partial charge in [0.05, 0.1) is 11.8 Å². The van der Waals surface area contributed by atoms with Gasteiger partial charge in [0.25, 0.3) is 0 Å². The van der Waals surface area contributed by atoms with Crippen LogP contribution < -0.4 is 5.32 Å². The van der Waals surface area contributed by atoms with E-state index in [-0.39, 0.29) is 0 Å². The number of rotatable bonds is 5. The molecule has 0 radical (unpaired) electrons.